The van der Waals surface area contributed by atoms with Crippen LogP contribution >= 0.6 is 0 Å². The zero-order valence-corrected chi connectivity index (χ0v) is 9.18. The van der Waals surface area contributed by atoms with Crippen molar-refractivity contribution in [2.24, 2.45) is 5.84 Å². The SMILES string of the molecule is CC1CCCN1C(=O)c1cncc(NN)n1. The molecule has 0 spiro atoms. The van der Waals surface area contributed by atoms with Gasteiger partial charge in [0.2, 0.25) is 0 Å². The Kier molecular flexibility index (Phi) is 3.00. The van der Waals surface area contributed by atoms with E-state index < -0.39 is 0 Å². The first-order valence-electron chi connectivity index (χ1n) is 5.32. The largest absolute Gasteiger partial charge is 0.335 e. The fourth-order valence-electron chi connectivity index (χ4n) is 1.92. The first-order valence-corrected chi connectivity index (χ1v) is 5.32. The predicted octanol–water partition coefficient (Wildman–Crippen LogP) is 0.387. The number of hydrazine groups is 1. The van der Waals surface area contributed by atoms with Crippen LogP contribution in [0, 0.1) is 0 Å². The molecule has 1 atom stereocenters. The molecule has 0 aromatic carbocycles. The standard InChI is InChI=1S/C10H15N5O/c1-7-3-2-4-15(7)10(16)8-5-12-6-9(13-8)14-11/h5-7H,2-4,11H2,1H3,(H,13,14). The summed E-state index contributed by atoms with van der Waals surface area (Å²) < 4.78 is 0. The highest BCUT2D eigenvalue weighted by molar-refractivity contribution is 5.92. The molecule has 1 aliphatic rings. The molecule has 3 N–H and O–H groups in total. The highest BCUT2D eigenvalue weighted by Crippen LogP contribution is 2.18. The molecular weight excluding hydrogens is 206 g/mol. The Labute approximate surface area is 93.8 Å². The second-order valence-electron chi connectivity index (χ2n) is 3.92. The Hall–Kier alpha value is -1.69. The van der Waals surface area contributed by atoms with Gasteiger partial charge in [0.15, 0.2) is 5.82 Å². The minimum atomic E-state index is -0.0744. The third-order valence-electron chi connectivity index (χ3n) is 2.82. The van der Waals surface area contributed by atoms with Crippen LogP contribution in [0.15, 0.2) is 12.4 Å². The molecule has 2 heterocycles. The lowest BCUT2D eigenvalue weighted by molar-refractivity contribution is 0.0741. The molecule has 0 radical (unpaired) electrons. The first-order chi connectivity index (χ1) is 7.72. The fourth-order valence-corrected chi connectivity index (χ4v) is 1.92. The van der Waals surface area contributed by atoms with Crippen LogP contribution in [-0.2, 0) is 0 Å². The normalized spacial score (nSPS) is 19.9. The molecule has 1 saturated heterocycles. The van der Waals surface area contributed by atoms with E-state index in [0.29, 0.717) is 11.5 Å². The predicted molar refractivity (Wildman–Crippen MR) is 59.6 cm³/mol. The maximum absolute atomic E-state index is 12.1. The molecule has 0 saturated carbocycles. The van der Waals surface area contributed by atoms with Crippen LogP contribution in [0.1, 0.15) is 30.3 Å². The number of nitrogens with two attached hydrogens (primary N) is 1. The van der Waals surface area contributed by atoms with Crippen LogP contribution in [0.25, 0.3) is 0 Å². The zero-order chi connectivity index (χ0) is 11.5. The van der Waals surface area contributed by atoms with E-state index in [1.807, 2.05) is 11.8 Å². The Morgan fingerprint density at radius 2 is 2.44 bits per heavy atom. The highest BCUT2D eigenvalue weighted by atomic mass is 16.2. The summed E-state index contributed by atoms with van der Waals surface area (Å²) in [5, 5.41) is 0. The van der Waals surface area contributed by atoms with Crippen LogP contribution in [-0.4, -0.2) is 33.4 Å². The van der Waals surface area contributed by atoms with Crippen LogP contribution in [0.5, 0.6) is 0 Å². The van der Waals surface area contributed by atoms with Gasteiger partial charge in [-0.2, -0.15) is 0 Å². The van der Waals surface area contributed by atoms with Gasteiger partial charge in [0, 0.05) is 12.6 Å². The van der Waals surface area contributed by atoms with E-state index >= 15 is 0 Å². The number of nitrogens with zero attached hydrogens (tertiary/aromatic N) is 3. The van der Waals surface area contributed by atoms with Gasteiger partial charge in [0.05, 0.1) is 12.4 Å². The summed E-state index contributed by atoms with van der Waals surface area (Å²) in [6, 6.07) is 0.281. The lowest BCUT2D eigenvalue weighted by Gasteiger charge is -2.20. The molecule has 6 heteroatoms. The number of carbonyl (C=O) groups excluding carboxylic acids is 1. The molecule has 1 aromatic rings. The van der Waals surface area contributed by atoms with Crippen LogP contribution in [0.3, 0.4) is 0 Å². The van der Waals surface area contributed by atoms with E-state index in [4.69, 9.17) is 5.84 Å². The molecule has 16 heavy (non-hydrogen) atoms. The van der Waals surface area contributed by atoms with E-state index in [2.05, 4.69) is 15.4 Å². The molecule has 0 aliphatic carbocycles. The van der Waals surface area contributed by atoms with Gasteiger partial charge in [-0.15, -0.1) is 0 Å². The second-order valence-corrected chi connectivity index (χ2v) is 3.92. The van der Waals surface area contributed by atoms with Crippen molar-refractivity contribution in [1.29, 1.82) is 0 Å². The van der Waals surface area contributed by atoms with Crippen molar-refractivity contribution < 1.29 is 4.79 Å². The number of likely N-dealkylation sites (tertiary alicyclic amines) is 1. The number of rotatable bonds is 2. The summed E-state index contributed by atoms with van der Waals surface area (Å²) in [4.78, 5) is 21.9. The van der Waals surface area contributed by atoms with Crippen molar-refractivity contribution in [2.45, 2.75) is 25.8 Å². The minimum Gasteiger partial charge on any atom is -0.335 e. The molecule has 6 nitrogen and oxygen atoms in total. The summed E-state index contributed by atoms with van der Waals surface area (Å²) in [5.74, 6) is 5.55. The quantitative estimate of drug-likeness (QED) is 0.557. The van der Waals surface area contributed by atoms with Crippen molar-refractivity contribution >= 4 is 11.7 Å². The van der Waals surface area contributed by atoms with Gasteiger partial charge >= 0.3 is 0 Å². The van der Waals surface area contributed by atoms with E-state index in [1.54, 1.807) is 0 Å². The number of nitrogens with one attached hydrogen (secondary N) is 1. The summed E-state index contributed by atoms with van der Waals surface area (Å²) in [6.07, 6.45) is 5.04. The third kappa shape index (κ3) is 1.96. The fraction of sp³-hybridized carbons (Fsp3) is 0.500. The number of hydrogen-bond acceptors (Lipinski definition) is 5. The van der Waals surface area contributed by atoms with Crippen LogP contribution < -0.4 is 11.3 Å². The Morgan fingerprint density at radius 1 is 1.62 bits per heavy atom. The van der Waals surface area contributed by atoms with Gasteiger partial charge in [-0.05, 0) is 19.8 Å². The van der Waals surface area contributed by atoms with Gasteiger partial charge < -0.3 is 10.3 Å². The lowest BCUT2D eigenvalue weighted by atomic mass is 10.2. The van der Waals surface area contributed by atoms with Crippen LogP contribution in [0.2, 0.25) is 0 Å². The number of nitrogen functional groups attached to an aromatic ring is 1. The average Bonchev–Trinajstić information content (AvgIpc) is 2.74. The van der Waals surface area contributed by atoms with Crippen molar-refractivity contribution in [3.8, 4) is 0 Å². The summed E-state index contributed by atoms with van der Waals surface area (Å²) in [6.45, 7) is 2.84. The van der Waals surface area contributed by atoms with Crippen molar-refractivity contribution in [2.75, 3.05) is 12.0 Å². The van der Waals surface area contributed by atoms with Crippen molar-refractivity contribution in [1.82, 2.24) is 14.9 Å². The van der Waals surface area contributed by atoms with Crippen molar-refractivity contribution in [3.63, 3.8) is 0 Å². The average molecular weight is 221 g/mol. The topological polar surface area (TPSA) is 84.1 Å². The van der Waals surface area contributed by atoms with E-state index in [1.165, 1.54) is 12.4 Å². The number of amides is 1. The summed E-state index contributed by atoms with van der Waals surface area (Å²) in [5.41, 5.74) is 2.72. The van der Waals surface area contributed by atoms with Gasteiger partial charge in [-0.25, -0.2) is 10.8 Å². The molecule has 1 unspecified atom stereocenters. The molecule has 2 rings (SSSR count). The molecule has 1 aliphatic heterocycles. The number of anilines is 1. The summed E-state index contributed by atoms with van der Waals surface area (Å²) in [7, 11) is 0. The highest BCUT2D eigenvalue weighted by Gasteiger charge is 2.26. The lowest BCUT2D eigenvalue weighted by Crippen LogP contribution is -2.34. The van der Waals surface area contributed by atoms with E-state index in [-0.39, 0.29) is 11.9 Å². The molecule has 0 bridgehead atoms. The summed E-state index contributed by atoms with van der Waals surface area (Å²) >= 11 is 0. The Morgan fingerprint density at radius 3 is 3.06 bits per heavy atom. The maximum atomic E-state index is 12.1. The number of hydrogen-bond donors (Lipinski definition) is 2. The Balaban J connectivity index is 2.19. The van der Waals surface area contributed by atoms with Gasteiger partial charge in [0.1, 0.15) is 5.69 Å². The number of carbonyl (C=O) groups is 1. The molecule has 1 aromatic heterocycles. The monoisotopic (exact) mass is 221 g/mol. The zero-order valence-electron chi connectivity index (χ0n) is 9.18. The minimum absolute atomic E-state index is 0.0744. The van der Waals surface area contributed by atoms with Crippen LogP contribution in [0.4, 0.5) is 5.82 Å². The van der Waals surface area contributed by atoms with Gasteiger partial charge in [0.25, 0.3) is 5.91 Å². The number of aromatic nitrogens is 2. The second kappa shape index (κ2) is 4.44. The van der Waals surface area contributed by atoms with E-state index in [9.17, 15) is 4.79 Å². The third-order valence-corrected chi connectivity index (χ3v) is 2.82. The van der Waals surface area contributed by atoms with Crippen molar-refractivity contribution in [3.05, 3.63) is 18.1 Å². The smallest absolute Gasteiger partial charge is 0.274 e. The van der Waals surface area contributed by atoms with E-state index in [0.717, 1.165) is 19.4 Å². The van der Waals surface area contributed by atoms with Gasteiger partial charge in [-0.1, -0.05) is 0 Å². The molecule has 1 fully saturated rings. The molecule has 86 valence electrons. The van der Waals surface area contributed by atoms with Gasteiger partial charge in [-0.3, -0.25) is 9.78 Å². The molecular formula is C10H15N5O. The molecule has 1 amide bonds. The first kappa shape index (κ1) is 10.8. The Bertz CT molecular complexity index is 395. The maximum Gasteiger partial charge on any atom is 0.274 e.